The molecule has 140 valence electrons. The van der Waals surface area contributed by atoms with E-state index in [2.05, 4.69) is 10.0 Å². The normalized spacial score (nSPS) is 11.4. The monoisotopic (exact) mass is 376 g/mol. The highest BCUT2D eigenvalue weighted by atomic mass is 32.2. The summed E-state index contributed by atoms with van der Waals surface area (Å²) in [5, 5.41) is 2.72. The Morgan fingerprint density at radius 1 is 1.12 bits per heavy atom. The molecule has 0 aliphatic heterocycles. The van der Waals surface area contributed by atoms with Crippen molar-refractivity contribution in [1.29, 1.82) is 0 Å². The first kappa shape index (κ1) is 19.9. The molecule has 2 aromatic rings. The molecule has 0 fully saturated rings. The van der Waals surface area contributed by atoms with Gasteiger partial charge in [0.1, 0.15) is 5.75 Å². The molecule has 0 unspecified atom stereocenters. The third kappa shape index (κ3) is 5.86. The summed E-state index contributed by atoms with van der Waals surface area (Å²) in [7, 11) is -3.55. The van der Waals surface area contributed by atoms with Gasteiger partial charge < -0.3 is 10.1 Å². The van der Waals surface area contributed by atoms with Crippen molar-refractivity contribution in [3.63, 3.8) is 0 Å². The number of hydrogen-bond acceptors (Lipinski definition) is 4. The first-order valence-corrected chi connectivity index (χ1v) is 9.84. The molecule has 2 aromatic carbocycles. The summed E-state index contributed by atoms with van der Waals surface area (Å²) in [5.74, 6) is 0.401. The van der Waals surface area contributed by atoms with Crippen LogP contribution < -0.4 is 14.8 Å². The van der Waals surface area contributed by atoms with E-state index in [1.807, 2.05) is 32.0 Å². The Morgan fingerprint density at radius 2 is 1.81 bits per heavy atom. The zero-order valence-corrected chi connectivity index (χ0v) is 16.0. The van der Waals surface area contributed by atoms with Crippen molar-refractivity contribution < 1.29 is 17.9 Å². The second kappa shape index (κ2) is 8.82. The van der Waals surface area contributed by atoms with Crippen molar-refractivity contribution in [3.05, 3.63) is 54.1 Å². The lowest BCUT2D eigenvalue weighted by atomic mass is 10.2. The minimum atomic E-state index is -3.55. The molecular formula is C19H24N2O4S. The van der Waals surface area contributed by atoms with Crippen LogP contribution in [0.1, 0.15) is 19.4 Å². The van der Waals surface area contributed by atoms with Gasteiger partial charge in [-0.25, -0.2) is 13.1 Å². The van der Waals surface area contributed by atoms with Crippen molar-refractivity contribution in [2.45, 2.75) is 25.7 Å². The molecule has 0 heterocycles. The standard InChI is InChI=1S/C19H24N2O4S/c1-14(2)12-20-26(23,24)17-9-10-18(15(3)11-17)25-13-19(22)21-16-7-5-4-6-8-16/h4-11,14,20H,12-13H2,1-3H3,(H,21,22). The van der Waals surface area contributed by atoms with Gasteiger partial charge in [-0.1, -0.05) is 32.0 Å². The number of para-hydroxylation sites is 1. The Bertz CT molecular complexity index is 849. The number of nitrogens with one attached hydrogen (secondary N) is 2. The minimum Gasteiger partial charge on any atom is -0.483 e. The lowest BCUT2D eigenvalue weighted by Gasteiger charge is -2.12. The van der Waals surface area contributed by atoms with Crippen LogP contribution in [0.25, 0.3) is 0 Å². The van der Waals surface area contributed by atoms with E-state index in [0.29, 0.717) is 23.5 Å². The number of ether oxygens (including phenoxy) is 1. The van der Waals surface area contributed by atoms with Crippen molar-refractivity contribution in [1.82, 2.24) is 4.72 Å². The summed E-state index contributed by atoms with van der Waals surface area (Å²) < 4.78 is 32.6. The molecule has 0 saturated carbocycles. The molecule has 0 bridgehead atoms. The van der Waals surface area contributed by atoms with E-state index < -0.39 is 10.0 Å². The van der Waals surface area contributed by atoms with E-state index >= 15 is 0 Å². The number of carbonyl (C=O) groups excluding carboxylic acids is 1. The second-order valence-corrected chi connectivity index (χ2v) is 8.14. The number of rotatable bonds is 8. The van der Waals surface area contributed by atoms with Crippen LogP contribution in [0.4, 0.5) is 5.69 Å². The first-order valence-electron chi connectivity index (χ1n) is 8.36. The Balaban J connectivity index is 1.98. The maximum Gasteiger partial charge on any atom is 0.262 e. The van der Waals surface area contributed by atoms with Gasteiger partial charge in [0.05, 0.1) is 4.90 Å². The summed E-state index contributed by atoms with van der Waals surface area (Å²) in [4.78, 5) is 12.1. The molecule has 1 amide bonds. The molecule has 0 radical (unpaired) electrons. The quantitative estimate of drug-likeness (QED) is 0.742. The van der Waals surface area contributed by atoms with Gasteiger partial charge in [-0.2, -0.15) is 0 Å². The van der Waals surface area contributed by atoms with Crippen LogP contribution in [0, 0.1) is 12.8 Å². The van der Waals surface area contributed by atoms with E-state index in [1.54, 1.807) is 25.1 Å². The Morgan fingerprint density at radius 3 is 2.42 bits per heavy atom. The molecule has 0 aliphatic rings. The molecule has 0 spiro atoms. The molecule has 0 saturated heterocycles. The van der Waals surface area contributed by atoms with E-state index in [9.17, 15) is 13.2 Å². The average molecular weight is 376 g/mol. The lowest BCUT2D eigenvalue weighted by Crippen LogP contribution is -2.27. The predicted molar refractivity (Wildman–Crippen MR) is 102 cm³/mol. The van der Waals surface area contributed by atoms with Gasteiger partial charge in [0, 0.05) is 12.2 Å². The number of aryl methyl sites for hydroxylation is 1. The van der Waals surface area contributed by atoms with E-state index in [4.69, 9.17) is 4.74 Å². The largest absolute Gasteiger partial charge is 0.483 e. The third-order valence-electron chi connectivity index (χ3n) is 3.55. The SMILES string of the molecule is Cc1cc(S(=O)(=O)NCC(C)C)ccc1OCC(=O)Nc1ccccc1. The van der Waals surface area contributed by atoms with Crippen molar-refractivity contribution in [3.8, 4) is 5.75 Å². The first-order chi connectivity index (χ1) is 12.3. The van der Waals surface area contributed by atoms with Crippen molar-refractivity contribution in [2.24, 2.45) is 5.92 Å². The number of carbonyl (C=O) groups is 1. The third-order valence-corrected chi connectivity index (χ3v) is 4.98. The lowest BCUT2D eigenvalue weighted by molar-refractivity contribution is -0.118. The summed E-state index contributed by atoms with van der Waals surface area (Å²) in [5.41, 5.74) is 1.33. The molecule has 26 heavy (non-hydrogen) atoms. The molecular weight excluding hydrogens is 352 g/mol. The van der Waals surface area contributed by atoms with Crippen LogP contribution in [0.3, 0.4) is 0 Å². The zero-order valence-electron chi connectivity index (χ0n) is 15.2. The fraction of sp³-hybridized carbons (Fsp3) is 0.316. The summed E-state index contributed by atoms with van der Waals surface area (Å²) in [6, 6.07) is 13.7. The van der Waals surface area contributed by atoms with Crippen molar-refractivity contribution in [2.75, 3.05) is 18.5 Å². The molecule has 2 rings (SSSR count). The fourth-order valence-corrected chi connectivity index (χ4v) is 3.47. The van der Waals surface area contributed by atoms with Gasteiger partial charge in [-0.3, -0.25) is 4.79 Å². The topological polar surface area (TPSA) is 84.5 Å². The Hall–Kier alpha value is -2.38. The molecule has 0 aromatic heterocycles. The number of benzene rings is 2. The number of sulfonamides is 1. The highest BCUT2D eigenvalue weighted by molar-refractivity contribution is 7.89. The maximum absolute atomic E-state index is 12.3. The zero-order chi connectivity index (χ0) is 19.2. The van der Waals surface area contributed by atoms with Crippen molar-refractivity contribution >= 4 is 21.6 Å². The molecule has 7 heteroatoms. The van der Waals surface area contributed by atoms with Gasteiger partial charge in [-0.15, -0.1) is 0 Å². The van der Waals surface area contributed by atoms with Crippen LogP contribution in [-0.2, 0) is 14.8 Å². The Kier molecular flexibility index (Phi) is 6.76. The smallest absolute Gasteiger partial charge is 0.262 e. The van der Waals surface area contributed by atoms with Crippen LogP contribution >= 0.6 is 0 Å². The van der Waals surface area contributed by atoms with Crippen LogP contribution in [0.2, 0.25) is 0 Å². The molecule has 0 atom stereocenters. The number of anilines is 1. The van der Waals surface area contributed by atoms with Crippen LogP contribution in [0.5, 0.6) is 5.75 Å². The van der Waals surface area contributed by atoms with Gasteiger partial charge >= 0.3 is 0 Å². The summed E-state index contributed by atoms with van der Waals surface area (Å²) in [6.45, 7) is 5.83. The molecule has 0 aliphatic carbocycles. The second-order valence-electron chi connectivity index (χ2n) is 6.38. The van der Waals surface area contributed by atoms with Gasteiger partial charge in [0.2, 0.25) is 10.0 Å². The average Bonchev–Trinajstić information content (AvgIpc) is 2.60. The van der Waals surface area contributed by atoms with E-state index in [-0.39, 0.29) is 23.3 Å². The van der Waals surface area contributed by atoms with Gasteiger partial charge in [0.25, 0.3) is 5.91 Å². The van der Waals surface area contributed by atoms with Crippen LogP contribution in [0.15, 0.2) is 53.4 Å². The van der Waals surface area contributed by atoms with Gasteiger partial charge in [-0.05, 0) is 48.7 Å². The van der Waals surface area contributed by atoms with Crippen LogP contribution in [-0.4, -0.2) is 27.5 Å². The fourth-order valence-electron chi connectivity index (χ4n) is 2.17. The highest BCUT2D eigenvalue weighted by Gasteiger charge is 2.16. The van der Waals surface area contributed by atoms with Gasteiger partial charge in [0.15, 0.2) is 6.61 Å². The number of hydrogen-bond donors (Lipinski definition) is 2. The minimum absolute atomic E-state index is 0.159. The predicted octanol–water partition coefficient (Wildman–Crippen LogP) is 2.95. The molecule has 2 N–H and O–H groups in total. The molecule has 6 nitrogen and oxygen atoms in total. The maximum atomic E-state index is 12.3. The highest BCUT2D eigenvalue weighted by Crippen LogP contribution is 2.22. The summed E-state index contributed by atoms with van der Waals surface area (Å²) in [6.07, 6.45) is 0. The number of amides is 1. The Labute approximate surface area is 154 Å². The van der Waals surface area contributed by atoms with E-state index in [1.165, 1.54) is 12.1 Å². The van der Waals surface area contributed by atoms with E-state index in [0.717, 1.165) is 0 Å². The summed E-state index contributed by atoms with van der Waals surface area (Å²) >= 11 is 0.